The monoisotopic (exact) mass is 388 g/mol. The molecule has 0 saturated carbocycles. The van der Waals surface area contributed by atoms with Gasteiger partial charge in [0.1, 0.15) is 10.0 Å². The van der Waals surface area contributed by atoms with E-state index in [2.05, 4.69) is 25.6 Å². The molecule has 0 bridgehead atoms. The number of hydrogen-bond acceptors (Lipinski definition) is 3. The van der Waals surface area contributed by atoms with Crippen molar-refractivity contribution < 1.29 is 8.42 Å². The zero-order valence-corrected chi connectivity index (χ0v) is 14.4. The average molecular weight is 390 g/mol. The Kier molecular flexibility index (Phi) is 5.37. The second-order valence-electron chi connectivity index (χ2n) is 4.45. The van der Waals surface area contributed by atoms with Crippen molar-refractivity contribution in [2.45, 2.75) is 24.3 Å². The summed E-state index contributed by atoms with van der Waals surface area (Å²) in [7, 11) is -3.63. The maximum Gasteiger partial charge on any atom is 0.242 e. The summed E-state index contributed by atoms with van der Waals surface area (Å²) in [6.45, 7) is 1.93. The van der Waals surface area contributed by atoms with Gasteiger partial charge in [0, 0.05) is 16.7 Å². The number of rotatable bonds is 5. The van der Waals surface area contributed by atoms with Crippen molar-refractivity contribution in [3.8, 4) is 0 Å². The number of sulfonamides is 1. The van der Waals surface area contributed by atoms with Crippen molar-refractivity contribution in [3.05, 3.63) is 57.8 Å². The molecule has 0 aliphatic heterocycles. The van der Waals surface area contributed by atoms with E-state index in [1.807, 2.05) is 31.2 Å². The van der Waals surface area contributed by atoms with Crippen molar-refractivity contribution in [2.24, 2.45) is 0 Å². The molecule has 2 aromatic rings. The number of aromatic nitrogens is 1. The minimum absolute atomic E-state index is 0.0995. The molecule has 0 aliphatic rings. The van der Waals surface area contributed by atoms with E-state index in [1.54, 1.807) is 0 Å². The maximum atomic E-state index is 12.3. The fourth-order valence-corrected chi connectivity index (χ4v) is 3.49. The topological polar surface area (TPSA) is 59.1 Å². The van der Waals surface area contributed by atoms with E-state index in [4.69, 9.17) is 11.6 Å². The molecule has 2 rings (SSSR count). The van der Waals surface area contributed by atoms with Crippen LogP contribution >= 0.6 is 27.5 Å². The van der Waals surface area contributed by atoms with Gasteiger partial charge >= 0.3 is 0 Å². The number of nitrogens with zero attached hydrogens (tertiary/aromatic N) is 1. The molecule has 0 aliphatic carbocycles. The smallest absolute Gasteiger partial charge is 0.242 e. The third-order valence-electron chi connectivity index (χ3n) is 2.99. The second-order valence-corrected chi connectivity index (χ2v) is 7.47. The first kappa shape index (κ1) is 16.4. The van der Waals surface area contributed by atoms with E-state index in [0.717, 1.165) is 10.0 Å². The Morgan fingerprint density at radius 3 is 2.43 bits per heavy atom. The molecular formula is C14H14BrClN2O2S. The molecule has 0 radical (unpaired) electrons. The fraction of sp³-hybridized carbons (Fsp3) is 0.214. The summed E-state index contributed by atoms with van der Waals surface area (Å²) >= 11 is 9.04. The minimum Gasteiger partial charge on any atom is -0.243 e. The molecule has 0 spiro atoms. The molecule has 0 saturated heterocycles. The zero-order chi connectivity index (χ0) is 15.5. The van der Waals surface area contributed by atoms with Gasteiger partial charge in [-0.15, -0.1) is 0 Å². The van der Waals surface area contributed by atoms with Gasteiger partial charge in [-0.1, -0.05) is 46.6 Å². The Morgan fingerprint density at radius 2 is 1.90 bits per heavy atom. The van der Waals surface area contributed by atoms with Crippen molar-refractivity contribution in [3.63, 3.8) is 0 Å². The molecule has 7 heteroatoms. The summed E-state index contributed by atoms with van der Waals surface area (Å²) in [6.07, 6.45) is 1.89. The molecule has 112 valence electrons. The maximum absolute atomic E-state index is 12.3. The molecule has 21 heavy (non-hydrogen) atoms. The minimum atomic E-state index is -3.63. The van der Waals surface area contributed by atoms with Crippen LogP contribution in [0.2, 0.25) is 5.15 Å². The van der Waals surface area contributed by atoms with E-state index in [-0.39, 0.29) is 16.1 Å². The van der Waals surface area contributed by atoms with Crippen molar-refractivity contribution in [2.75, 3.05) is 0 Å². The SMILES string of the molecule is CCC(NS(=O)(=O)c1ccc(Cl)nc1)c1ccc(Br)cc1. The predicted molar refractivity (Wildman–Crippen MR) is 86.7 cm³/mol. The summed E-state index contributed by atoms with van der Waals surface area (Å²) in [5.74, 6) is 0. The van der Waals surface area contributed by atoms with Crippen LogP contribution in [-0.4, -0.2) is 13.4 Å². The third kappa shape index (κ3) is 4.26. The van der Waals surface area contributed by atoms with Crippen molar-refractivity contribution in [1.29, 1.82) is 0 Å². The van der Waals surface area contributed by atoms with Gasteiger partial charge in [-0.3, -0.25) is 0 Å². The van der Waals surface area contributed by atoms with Crippen LogP contribution in [0.25, 0.3) is 0 Å². The van der Waals surface area contributed by atoms with Gasteiger partial charge < -0.3 is 0 Å². The van der Waals surface area contributed by atoms with Crippen LogP contribution in [0.1, 0.15) is 24.9 Å². The molecule has 1 unspecified atom stereocenters. The van der Waals surface area contributed by atoms with Crippen LogP contribution in [0.4, 0.5) is 0 Å². The lowest BCUT2D eigenvalue weighted by Gasteiger charge is -2.17. The Labute approximate surface area is 137 Å². The van der Waals surface area contributed by atoms with Crippen molar-refractivity contribution >= 4 is 37.6 Å². The lowest BCUT2D eigenvalue weighted by molar-refractivity contribution is 0.549. The normalized spacial score (nSPS) is 13.1. The van der Waals surface area contributed by atoms with Gasteiger partial charge in [-0.25, -0.2) is 18.1 Å². The van der Waals surface area contributed by atoms with Crippen LogP contribution < -0.4 is 4.72 Å². The molecule has 1 N–H and O–H groups in total. The zero-order valence-electron chi connectivity index (χ0n) is 11.3. The summed E-state index contributed by atoms with van der Waals surface area (Å²) in [4.78, 5) is 3.90. The first-order valence-corrected chi connectivity index (χ1v) is 8.97. The number of halogens is 2. The molecule has 1 heterocycles. The van der Waals surface area contributed by atoms with Gasteiger partial charge in [-0.05, 0) is 36.2 Å². The summed E-state index contributed by atoms with van der Waals surface area (Å²) < 4.78 is 28.3. The number of benzene rings is 1. The van der Waals surface area contributed by atoms with Gasteiger partial charge in [0.2, 0.25) is 10.0 Å². The number of nitrogens with one attached hydrogen (secondary N) is 1. The van der Waals surface area contributed by atoms with E-state index >= 15 is 0 Å². The van der Waals surface area contributed by atoms with Crippen molar-refractivity contribution in [1.82, 2.24) is 9.71 Å². The first-order valence-electron chi connectivity index (χ1n) is 6.31. The predicted octanol–water partition coefficient (Wildman–Crippen LogP) is 3.93. The number of hydrogen-bond donors (Lipinski definition) is 1. The van der Waals surface area contributed by atoms with E-state index in [1.165, 1.54) is 18.3 Å². The fourth-order valence-electron chi connectivity index (χ4n) is 1.86. The van der Waals surface area contributed by atoms with Crippen LogP contribution in [0.15, 0.2) is 52.0 Å². The van der Waals surface area contributed by atoms with Crippen LogP contribution in [-0.2, 0) is 10.0 Å². The largest absolute Gasteiger partial charge is 0.243 e. The van der Waals surface area contributed by atoms with E-state index in [9.17, 15) is 8.42 Å². The Balaban J connectivity index is 2.24. The molecular weight excluding hydrogens is 376 g/mol. The summed E-state index contributed by atoms with van der Waals surface area (Å²) in [5.41, 5.74) is 0.909. The van der Waals surface area contributed by atoms with Crippen LogP contribution in [0, 0.1) is 0 Å². The Bertz CT molecular complexity index is 703. The molecule has 1 atom stereocenters. The van der Waals surface area contributed by atoms with Crippen LogP contribution in [0.5, 0.6) is 0 Å². The van der Waals surface area contributed by atoms with E-state index in [0.29, 0.717) is 6.42 Å². The third-order valence-corrected chi connectivity index (χ3v) is 5.20. The first-order chi connectivity index (χ1) is 9.92. The molecule has 1 aromatic carbocycles. The second kappa shape index (κ2) is 6.87. The highest BCUT2D eigenvalue weighted by Gasteiger charge is 2.20. The molecule has 0 fully saturated rings. The van der Waals surface area contributed by atoms with Gasteiger partial charge in [0.05, 0.1) is 0 Å². The average Bonchev–Trinajstić information content (AvgIpc) is 2.46. The van der Waals surface area contributed by atoms with Crippen LogP contribution in [0.3, 0.4) is 0 Å². The molecule has 0 amide bonds. The number of pyridine rings is 1. The standard InChI is InChI=1S/C14H14BrClN2O2S/c1-2-13(10-3-5-11(15)6-4-10)18-21(19,20)12-7-8-14(16)17-9-12/h3-9,13,18H,2H2,1H3. The highest BCUT2D eigenvalue weighted by atomic mass is 79.9. The highest BCUT2D eigenvalue weighted by Crippen LogP contribution is 2.22. The molecule has 1 aromatic heterocycles. The summed E-state index contributed by atoms with van der Waals surface area (Å²) in [5, 5.41) is 0.258. The summed E-state index contributed by atoms with van der Waals surface area (Å²) in [6, 6.07) is 10.1. The highest BCUT2D eigenvalue weighted by molar-refractivity contribution is 9.10. The van der Waals surface area contributed by atoms with Gasteiger partial charge in [0.25, 0.3) is 0 Å². The Hall–Kier alpha value is -0.950. The Morgan fingerprint density at radius 1 is 1.24 bits per heavy atom. The van der Waals surface area contributed by atoms with E-state index < -0.39 is 10.0 Å². The lowest BCUT2D eigenvalue weighted by Crippen LogP contribution is -2.28. The van der Waals surface area contributed by atoms with Gasteiger partial charge in [-0.2, -0.15) is 0 Å². The molecule has 4 nitrogen and oxygen atoms in total. The lowest BCUT2D eigenvalue weighted by atomic mass is 10.1. The quantitative estimate of drug-likeness (QED) is 0.788. The van der Waals surface area contributed by atoms with Gasteiger partial charge in [0.15, 0.2) is 0 Å².